The number of nitrogens with one attached hydrogen (secondary N) is 1. The van der Waals surface area contributed by atoms with Crippen LogP contribution in [0.5, 0.6) is 5.75 Å². The van der Waals surface area contributed by atoms with Gasteiger partial charge in [-0.05, 0) is 43.3 Å². The van der Waals surface area contributed by atoms with E-state index >= 15 is 0 Å². The normalized spacial score (nSPS) is 12.4. The zero-order valence-electron chi connectivity index (χ0n) is 11.8. The molecule has 0 aliphatic carbocycles. The summed E-state index contributed by atoms with van der Waals surface area (Å²) in [6.45, 7) is 7.91. The fourth-order valence-electron chi connectivity index (χ4n) is 2.09. The van der Waals surface area contributed by atoms with E-state index in [1.54, 1.807) is 11.3 Å². The standard InChI is InChI=1S/C16H21NOS/c1-12-6-4-7-13(2)16(12)18-10-9-17-14(3)15-8-5-11-19-15/h4-8,11,14,17H,9-10H2,1-3H3. The lowest BCUT2D eigenvalue weighted by Crippen LogP contribution is -2.24. The summed E-state index contributed by atoms with van der Waals surface area (Å²) < 4.78 is 5.88. The van der Waals surface area contributed by atoms with Crippen LogP contribution in [0.1, 0.15) is 29.0 Å². The first-order valence-electron chi connectivity index (χ1n) is 6.64. The zero-order valence-corrected chi connectivity index (χ0v) is 12.6. The molecule has 0 radical (unpaired) electrons. The predicted molar refractivity (Wildman–Crippen MR) is 82.1 cm³/mol. The van der Waals surface area contributed by atoms with Crippen molar-refractivity contribution < 1.29 is 4.74 Å². The number of rotatable bonds is 6. The van der Waals surface area contributed by atoms with Crippen LogP contribution in [-0.4, -0.2) is 13.2 Å². The van der Waals surface area contributed by atoms with E-state index in [1.807, 2.05) is 0 Å². The Morgan fingerprint density at radius 2 is 1.89 bits per heavy atom. The molecule has 1 N–H and O–H groups in total. The van der Waals surface area contributed by atoms with Crippen LogP contribution in [0.25, 0.3) is 0 Å². The summed E-state index contributed by atoms with van der Waals surface area (Å²) in [7, 11) is 0. The lowest BCUT2D eigenvalue weighted by atomic mass is 10.1. The van der Waals surface area contributed by atoms with Crippen LogP contribution in [0.2, 0.25) is 0 Å². The molecule has 1 heterocycles. The van der Waals surface area contributed by atoms with Crippen LogP contribution in [-0.2, 0) is 0 Å². The molecule has 3 heteroatoms. The van der Waals surface area contributed by atoms with Crippen molar-refractivity contribution in [3.05, 3.63) is 51.7 Å². The van der Waals surface area contributed by atoms with Gasteiger partial charge in [-0.1, -0.05) is 24.3 Å². The summed E-state index contributed by atoms with van der Waals surface area (Å²) in [6, 6.07) is 10.9. The van der Waals surface area contributed by atoms with E-state index in [9.17, 15) is 0 Å². The first kappa shape index (κ1) is 14.1. The zero-order chi connectivity index (χ0) is 13.7. The molecule has 2 aromatic rings. The largest absolute Gasteiger partial charge is 0.492 e. The van der Waals surface area contributed by atoms with Gasteiger partial charge < -0.3 is 10.1 Å². The van der Waals surface area contributed by atoms with Crippen molar-refractivity contribution in [2.24, 2.45) is 0 Å². The Kier molecular flexibility index (Phi) is 5.00. The average molecular weight is 275 g/mol. The van der Waals surface area contributed by atoms with Gasteiger partial charge in [0.25, 0.3) is 0 Å². The van der Waals surface area contributed by atoms with E-state index in [2.05, 4.69) is 61.8 Å². The van der Waals surface area contributed by atoms with Gasteiger partial charge in [0.1, 0.15) is 12.4 Å². The quantitative estimate of drug-likeness (QED) is 0.802. The lowest BCUT2D eigenvalue weighted by Gasteiger charge is -2.15. The molecule has 0 spiro atoms. The first-order valence-corrected chi connectivity index (χ1v) is 7.52. The third-order valence-corrected chi connectivity index (χ3v) is 4.23. The van der Waals surface area contributed by atoms with E-state index in [0.29, 0.717) is 12.6 Å². The molecule has 19 heavy (non-hydrogen) atoms. The van der Waals surface area contributed by atoms with Crippen LogP contribution >= 0.6 is 11.3 Å². The fourth-order valence-corrected chi connectivity index (χ4v) is 2.85. The van der Waals surface area contributed by atoms with Crippen molar-refractivity contribution in [3.63, 3.8) is 0 Å². The summed E-state index contributed by atoms with van der Waals surface area (Å²) in [6.07, 6.45) is 0. The van der Waals surface area contributed by atoms with Crippen molar-refractivity contribution in [2.75, 3.05) is 13.2 Å². The number of hydrogen-bond donors (Lipinski definition) is 1. The Labute approximate surface area is 119 Å². The van der Waals surface area contributed by atoms with Gasteiger partial charge in [0.05, 0.1) is 0 Å². The van der Waals surface area contributed by atoms with Gasteiger partial charge in [-0.15, -0.1) is 11.3 Å². The maximum atomic E-state index is 5.88. The highest BCUT2D eigenvalue weighted by Crippen LogP contribution is 2.22. The summed E-state index contributed by atoms with van der Waals surface area (Å²) in [5, 5.41) is 5.59. The fraction of sp³-hybridized carbons (Fsp3) is 0.375. The minimum atomic E-state index is 0.390. The lowest BCUT2D eigenvalue weighted by molar-refractivity contribution is 0.304. The molecule has 1 atom stereocenters. The van der Waals surface area contributed by atoms with Gasteiger partial charge in [-0.3, -0.25) is 0 Å². The second-order valence-electron chi connectivity index (χ2n) is 4.76. The number of aryl methyl sites for hydroxylation is 2. The molecule has 0 saturated heterocycles. The van der Waals surface area contributed by atoms with Crippen LogP contribution in [0.15, 0.2) is 35.7 Å². The topological polar surface area (TPSA) is 21.3 Å². The molecule has 0 saturated carbocycles. The van der Waals surface area contributed by atoms with E-state index in [0.717, 1.165) is 12.3 Å². The Hall–Kier alpha value is -1.32. The molecule has 0 aliphatic rings. The van der Waals surface area contributed by atoms with Crippen molar-refractivity contribution in [1.29, 1.82) is 0 Å². The Balaban J connectivity index is 1.78. The maximum absolute atomic E-state index is 5.88. The number of thiophene rings is 1. The highest BCUT2D eigenvalue weighted by Gasteiger charge is 2.06. The minimum Gasteiger partial charge on any atom is -0.492 e. The first-order chi connectivity index (χ1) is 9.18. The van der Waals surface area contributed by atoms with Gasteiger partial charge in [0.2, 0.25) is 0 Å². The highest BCUT2D eigenvalue weighted by molar-refractivity contribution is 7.10. The Bertz CT molecular complexity index is 487. The predicted octanol–water partition coefficient (Wildman–Crippen LogP) is 4.09. The van der Waals surface area contributed by atoms with Gasteiger partial charge in [-0.25, -0.2) is 0 Å². The summed E-state index contributed by atoms with van der Waals surface area (Å²) >= 11 is 1.79. The third-order valence-electron chi connectivity index (χ3n) is 3.18. The molecule has 1 unspecified atom stereocenters. The van der Waals surface area contributed by atoms with Crippen molar-refractivity contribution in [3.8, 4) is 5.75 Å². The van der Waals surface area contributed by atoms with Gasteiger partial charge in [0.15, 0.2) is 0 Å². The molecular formula is C16H21NOS. The average Bonchev–Trinajstić information content (AvgIpc) is 2.91. The van der Waals surface area contributed by atoms with Crippen molar-refractivity contribution in [2.45, 2.75) is 26.8 Å². The number of para-hydroxylation sites is 1. The number of hydrogen-bond acceptors (Lipinski definition) is 3. The molecule has 1 aromatic heterocycles. The molecule has 1 aromatic carbocycles. The second kappa shape index (κ2) is 6.73. The van der Waals surface area contributed by atoms with E-state index < -0.39 is 0 Å². The van der Waals surface area contributed by atoms with Crippen LogP contribution < -0.4 is 10.1 Å². The smallest absolute Gasteiger partial charge is 0.125 e. The Morgan fingerprint density at radius 1 is 1.16 bits per heavy atom. The molecule has 0 amide bonds. The second-order valence-corrected chi connectivity index (χ2v) is 5.74. The van der Waals surface area contributed by atoms with E-state index in [1.165, 1.54) is 16.0 Å². The molecule has 0 fully saturated rings. The molecular weight excluding hydrogens is 254 g/mol. The van der Waals surface area contributed by atoms with Gasteiger partial charge in [-0.2, -0.15) is 0 Å². The minimum absolute atomic E-state index is 0.390. The monoisotopic (exact) mass is 275 g/mol. The summed E-state index contributed by atoms with van der Waals surface area (Å²) in [5.74, 6) is 1.02. The van der Waals surface area contributed by atoms with E-state index in [-0.39, 0.29) is 0 Å². The maximum Gasteiger partial charge on any atom is 0.125 e. The van der Waals surface area contributed by atoms with Gasteiger partial charge >= 0.3 is 0 Å². The van der Waals surface area contributed by atoms with Crippen LogP contribution in [0.4, 0.5) is 0 Å². The molecule has 0 aliphatic heterocycles. The molecule has 0 bridgehead atoms. The summed E-state index contributed by atoms with van der Waals surface area (Å²) in [4.78, 5) is 1.37. The Morgan fingerprint density at radius 3 is 2.53 bits per heavy atom. The number of benzene rings is 1. The van der Waals surface area contributed by atoms with E-state index in [4.69, 9.17) is 4.74 Å². The van der Waals surface area contributed by atoms with Crippen molar-refractivity contribution in [1.82, 2.24) is 5.32 Å². The van der Waals surface area contributed by atoms with Crippen LogP contribution in [0, 0.1) is 13.8 Å². The number of ether oxygens (including phenoxy) is 1. The molecule has 2 rings (SSSR count). The molecule has 2 nitrogen and oxygen atoms in total. The van der Waals surface area contributed by atoms with Crippen LogP contribution in [0.3, 0.4) is 0 Å². The molecule has 102 valence electrons. The SMILES string of the molecule is Cc1cccc(C)c1OCCNC(C)c1cccs1. The highest BCUT2D eigenvalue weighted by atomic mass is 32.1. The van der Waals surface area contributed by atoms with Gasteiger partial charge in [0, 0.05) is 17.5 Å². The third kappa shape index (κ3) is 3.82. The van der Waals surface area contributed by atoms with Crippen molar-refractivity contribution >= 4 is 11.3 Å². The summed E-state index contributed by atoms with van der Waals surface area (Å²) in [5.41, 5.74) is 2.40.